The van der Waals surface area contributed by atoms with Crippen LogP contribution in [-0.4, -0.2) is 6.91 Å². The van der Waals surface area contributed by atoms with E-state index in [2.05, 4.69) is 39.0 Å². The molecule has 0 aliphatic rings. The second kappa shape index (κ2) is 2.81. The molecule has 0 fully saturated rings. The fourth-order valence-corrected chi connectivity index (χ4v) is 0.932. The minimum absolute atomic E-state index is 1.14. The van der Waals surface area contributed by atoms with Gasteiger partial charge < -0.3 is 0 Å². The standard InChI is InChI=1S/C8H11B/c1-3-8-6-4-5-7(2)9-8/h4-6H,3H2,1-2H3. The Morgan fingerprint density at radius 3 is 2.67 bits per heavy atom. The van der Waals surface area contributed by atoms with Gasteiger partial charge in [-0.15, -0.1) is 0 Å². The fourth-order valence-electron chi connectivity index (χ4n) is 0.932. The predicted octanol–water partition coefficient (Wildman–Crippen LogP) is 1.90. The van der Waals surface area contributed by atoms with Crippen LogP contribution in [0.2, 0.25) is 0 Å². The van der Waals surface area contributed by atoms with E-state index < -0.39 is 0 Å². The Kier molecular flexibility index (Phi) is 2.04. The van der Waals surface area contributed by atoms with Crippen molar-refractivity contribution < 1.29 is 0 Å². The molecular formula is C8H11B. The molecule has 0 nitrogen and oxygen atoms in total. The maximum absolute atomic E-state index is 2.22. The van der Waals surface area contributed by atoms with E-state index in [1.807, 2.05) is 0 Å². The molecule has 0 bridgehead atoms. The van der Waals surface area contributed by atoms with Crippen molar-refractivity contribution in [3.05, 3.63) is 29.1 Å². The second-order valence-electron chi connectivity index (χ2n) is 2.34. The Morgan fingerprint density at radius 2 is 2.22 bits per heavy atom. The zero-order valence-corrected chi connectivity index (χ0v) is 6.02. The Labute approximate surface area is 57.1 Å². The van der Waals surface area contributed by atoms with Gasteiger partial charge in [0.05, 0.1) is 0 Å². The molecule has 9 heavy (non-hydrogen) atoms. The first-order valence-corrected chi connectivity index (χ1v) is 3.38. The van der Waals surface area contributed by atoms with Crippen LogP contribution in [0, 0.1) is 6.92 Å². The molecule has 0 radical (unpaired) electrons. The van der Waals surface area contributed by atoms with Crippen molar-refractivity contribution in [2.75, 3.05) is 0 Å². The van der Waals surface area contributed by atoms with Crippen molar-refractivity contribution in [3.63, 3.8) is 0 Å². The van der Waals surface area contributed by atoms with Gasteiger partial charge in [-0.3, -0.25) is 0 Å². The molecule has 0 aromatic carbocycles. The summed E-state index contributed by atoms with van der Waals surface area (Å²) in [6, 6.07) is 6.39. The van der Waals surface area contributed by atoms with Crippen LogP contribution in [0.1, 0.15) is 17.8 Å². The van der Waals surface area contributed by atoms with Gasteiger partial charge >= 0.3 is 56.3 Å². The van der Waals surface area contributed by atoms with Crippen LogP contribution in [-0.2, 0) is 6.42 Å². The predicted molar refractivity (Wildman–Crippen MR) is 41.9 cm³/mol. The van der Waals surface area contributed by atoms with Crippen LogP contribution in [0.15, 0.2) is 18.2 Å². The van der Waals surface area contributed by atoms with Crippen LogP contribution >= 0.6 is 0 Å². The summed E-state index contributed by atoms with van der Waals surface area (Å²) >= 11 is 0. The molecule has 0 N–H and O–H groups in total. The van der Waals surface area contributed by atoms with Gasteiger partial charge in [-0.2, -0.15) is 0 Å². The molecule has 0 saturated heterocycles. The summed E-state index contributed by atoms with van der Waals surface area (Å²) in [4.78, 5) is 0. The normalized spacial score (nSPS) is 9.11. The van der Waals surface area contributed by atoms with Gasteiger partial charge in [-0.1, -0.05) is 0 Å². The minimum atomic E-state index is 1.14. The van der Waals surface area contributed by atoms with Gasteiger partial charge in [-0.05, 0) is 0 Å². The summed E-state index contributed by atoms with van der Waals surface area (Å²) in [7, 11) is 0. The van der Waals surface area contributed by atoms with Gasteiger partial charge in [0.25, 0.3) is 0 Å². The average molecular weight is 118 g/mol. The van der Waals surface area contributed by atoms with Crippen molar-refractivity contribution in [1.29, 1.82) is 0 Å². The number of hydrogen-bond donors (Lipinski definition) is 0. The van der Waals surface area contributed by atoms with Crippen molar-refractivity contribution >= 4 is 6.91 Å². The number of hydrogen-bond acceptors (Lipinski definition) is 0. The van der Waals surface area contributed by atoms with Crippen molar-refractivity contribution in [1.82, 2.24) is 0 Å². The van der Waals surface area contributed by atoms with Crippen LogP contribution in [0.3, 0.4) is 0 Å². The Balaban J connectivity index is 2.94. The maximum atomic E-state index is 2.22. The molecule has 0 aliphatic carbocycles. The third-order valence-electron chi connectivity index (χ3n) is 1.49. The van der Waals surface area contributed by atoms with Gasteiger partial charge in [0.2, 0.25) is 0 Å². The summed E-state index contributed by atoms with van der Waals surface area (Å²) in [5.41, 5.74) is 2.78. The molecular weight excluding hydrogens is 107 g/mol. The number of rotatable bonds is 1. The van der Waals surface area contributed by atoms with Crippen LogP contribution in [0.5, 0.6) is 0 Å². The molecule has 1 heteroatoms. The average Bonchev–Trinajstić information content (AvgIpc) is 1.88. The van der Waals surface area contributed by atoms with E-state index in [0.717, 1.165) is 6.42 Å². The van der Waals surface area contributed by atoms with E-state index in [9.17, 15) is 0 Å². The molecule has 0 spiro atoms. The van der Waals surface area contributed by atoms with Crippen molar-refractivity contribution in [2.45, 2.75) is 20.3 Å². The van der Waals surface area contributed by atoms with Gasteiger partial charge in [0.1, 0.15) is 0 Å². The summed E-state index contributed by atoms with van der Waals surface area (Å²) in [6.07, 6.45) is 1.14. The SMILES string of the molecule is CCc1bc(C)ccc1. The van der Waals surface area contributed by atoms with Crippen LogP contribution < -0.4 is 0 Å². The third kappa shape index (κ3) is 1.67. The van der Waals surface area contributed by atoms with Gasteiger partial charge in [0.15, 0.2) is 0 Å². The number of aryl methyl sites for hydroxylation is 2. The van der Waals surface area contributed by atoms with E-state index in [0.29, 0.717) is 0 Å². The molecule has 1 rings (SSSR count). The quantitative estimate of drug-likeness (QED) is 0.528. The topological polar surface area (TPSA) is 0 Å². The summed E-state index contributed by atoms with van der Waals surface area (Å²) in [5, 5.41) is 0. The van der Waals surface area contributed by atoms with Gasteiger partial charge in [-0.25, -0.2) is 0 Å². The van der Waals surface area contributed by atoms with E-state index in [-0.39, 0.29) is 0 Å². The van der Waals surface area contributed by atoms with E-state index in [4.69, 9.17) is 0 Å². The van der Waals surface area contributed by atoms with Crippen LogP contribution in [0.4, 0.5) is 0 Å². The molecule has 1 heterocycles. The van der Waals surface area contributed by atoms with E-state index in [1.54, 1.807) is 0 Å². The first-order chi connectivity index (χ1) is 4.33. The Bertz CT molecular complexity index is 194. The van der Waals surface area contributed by atoms with E-state index in [1.165, 1.54) is 10.9 Å². The molecule has 0 saturated carbocycles. The monoisotopic (exact) mass is 118 g/mol. The molecule has 46 valence electrons. The summed E-state index contributed by atoms with van der Waals surface area (Å²) < 4.78 is 0. The Morgan fingerprint density at radius 1 is 1.44 bits per heavy atom. The molecule has 0 unspecified atom stereocenters. The van der Waals surface area contributed by atoms with Crippen molar-refractivity contribution in [3.8, 4) is 0 Å². The zero-order chi connectivity index (χ0) is 6.69. The second-order valence-corrected chi connectivity index (χ2v) is 2.34. The first kappa shape index (κ1) is 6.53. The van der Waals surface area contributed by atoms with Gasteiger partial charge in [0, 0.05) is 0 Å². The molecule has 0 aliphatic heterocycles. The molecule has 1 aromatic rings. The molecule has 0 atom stereocenters. The molecule has 1 aromatic heterocycles. The Hall–Kier alpha value is -0.585. The van der Waals surface area contributed by atoms with Crippen molar-refractivity contribution in [2.24, 2.45) is 0 Å². The fraction of sp³-hybridized carbons (Fsp3) is 0.375. The first-order valence-electron chi connectivity index (χ1n) is 3.38. The summed E-state index contributed by atoms with van der Waals surface area (Å²) in [5.74, 6) is 0. The molecule has 0 amide bonds. The third-order valence-corrected chi connectivity index (χ3v) is 1.49. The zero-order valence-electron chi connectivity index (χ0n) is 6.02. The van der Waals surface area contributed by atoms with Crippen LogP contribution in [0.25, 0.3) is 0 Å². The van der Waals surface area contributed by atoms with E-state index >= 15 is 0 Å². The summed E-state index contributed by atoms with van der Waals surface area (Å²) in [6.45, 7) is 6.52.